The number of carbonyl (C=O) groups excluding carboxylic acids is 3. The molecule has 0 atom stereocenters. The maximum absolute atomic E-state index is 11.9. The second-order valence-electron chi connectivity index (χ2n) is 3.71. The van der Waals surface area contributed by atoms with Gasteiger partial charge in [0.15, 0.2) is 6.61 Å². The first-order valence-corrected chi connectivity index (χ1v) is 5.66. The third-order valence-corrected chi connectivity index (χ3v) is 2.03. The first-order valence-electron chi connectivity index (χ1n) is 5.66. The van der Waals surface area contributed by atoms with Gasteiger partial charge in [0.25, 0.3) is 5.91 Å². The summed E-state index contributed by atoms with van der Waals surface area (Å²) in [6.07, 6.45) is 0. The fourth-order valence-electron chi connectivity index (χ4n) is 1.18. The fourth-order valence-corrected chi connectivity index (χ4v) is 1.18. The lowest BCUT2D eigenvalue weighted by Gasteiger charge is -2.07. The number of amides is 2. The van der Waals surface area contributed by atoms with E-state index >= 15 is 0 Å². The summed E-state index contributed by atoms with van der Waals surface area (Å²) in [5.74, 6) is -2.14. The predicted molar refractivity (Wildman–Crippen MR) is 65.3 cm³/mol. The summed E-state index contributed by atoms with van der Waals surface area (Å²) in [6.45, 7) is -2.37. The van der Waals surface area contributed by atoms with Crippen molar-refractivity contribution in [3.63, 3.8) is 0 Å². The minimum absolute atomic E-state index is 0.0592. The molecule has 0 aliphatic carbocycles. The van der Waals surface area contributed by atoms with E-state index < -0.39 is 31.0 Å². The zero-order valence-electron chi connectivity index (χ0n) is 10.9. The molecule has 0 saturated carbocycles. The Hall–Kier alpha value is -2.71. The number of hydrazine groups is 1. The van der Waals surface area contributed by atoms with Crippen LogP contribution in [0.1, 0.15) is 17.3 Å². The van der Waals surface area contributed by atoms with Crippen molar-refractivity contribution in [2.45, 2.75) is 13.5 Å². The smallest absolute Gasteiger partial charge is 0.387 e. The van der Waals surface area contributed by atoms with Crippen LogP contribution in [-0.4, -0.2) is 31.0 Å². The number of halogens is 2. The van der Waals surface area contributed by atoms with Crippen molar-refractivity contribution in [3.8, 4) is 5.75 Å². The quantitative estimate of drug-likeness (QED) is 0.614. The van der Waals surface area contributed by atoms with E-state index in [4.69, 9.17) is 0 Å². The van der Waals surface area contributed by atoms with Crippen molar-refractivity contribution in [1.82, 2.24) is 10.9 Å². The van der Waals surface area contributed by atoms with Gasteiger partial charge in [-0.05, 0) is 24.3 Å². The van der Waals surface area contributed by atoms with Gasteiger partial charge >= 0.3 is 12.6 Å². The maximum atomic E-state index is 11.9. The Balaban J connectivity index is 2.45. The largest absolute Gasteiger partial charge is 0.452 e. The van der Waals surface area contributed by atoms with Gasteiger partial charge in [0.1, 0.15) is 5.75 Å². The van der Waals surface area contributed by atoms with Crippen LogP contribution in [0.15, 0.2) is 24.3 Å². The molecule has 1 aromatic rings. The zero-order chi connectivity index (χ0) is 15.8. The Morgan fingerprint density at radius 2 is 1.76 bits per heavy atom. The predicted octanol–water partition coefficient (Wildman–Crippen LogP) is 0.612. The molecular weight excluding hydrogens is 290 g/mol. The van der Waals surface area contributed by atoms with Crippen LogP contribution >= 0.6 is 0 Å². The van der Waals surface area contributed by atoms with E-state index in [1.165, 1.54) is 31.2 Å². The van der Waals surface area contributed by atoms with Gasteiger partial charge < -0.3 is 9.47 Å². The van der Waals surface area contributed by atoms with Crippen molar-refractivity contribution in [2.24, 2.45) is 0 Å². The molecule has 0 spiro atoms. The molecule has 0 bridgehead atoms. The number of hydrogen-bond donors (Lipinski definition) is 2. The van der Waals surface area contributed by atoms with E-state index in [1.807, 2.05) is 10.9 Å². The molecule has 7 nitrogen and oxygen atoms in total. The Kier molecular flexibility index (Phi) is 6.05. The number of ether oxygens (including phenoxy) is 2. The van der Waals surface area contributed by atoms with Crippen LogP contribution in [0.2, 0.25) is 0 Å². The second kappa shape index (κ2) is 7.78. The summed E-state index contributed by atoms with van der Waals surface area (Å²) in [7, 11) is 0. The van der Waals surface area contributed by atoms with Crippen molar-refractivity contribution >= 4 is 17.8 Å². The van der Waals surface area contributed by atoms with Gasteiger partial charge in [-0.2, -0.15) is 8.78 Å². The average Bonchev–Trinajstić information content (AvgIpc) is 2.42. The minimum atomic E-state index is -2.96. The Bertz CT molecular complexity index is 519. The molecule has 0 fully saturated rings. The molecule has 1 aromatic carbocycles. The molecule has 0 saturated heterocycles. The molecule has 1 rings (SSSR count). The van der Waals surface area contributed by atoms with Gasteiger partial charge in [-0.1, -0.05) is 0 Å². The van der Waals surface area contributed by atoms with Gasteiger partial charge in [0.05, 0.1) is 5.56 Å². The highest BCUT2D eigenvalue weighted by molar-refractivity contribution is 5.91. The molecule has 21 heavy (non-hydrogen) atoms. The van der Waals surface area contributed by atoms with Gasteiger partial charge in [0, 0.05) is 6.92 Å². The van der Waals surface area contributed by atoms with Crippen LogP contribution in [-0.2, 0) is 14.3 Å². The van der Waals surface area contributed by atoms with Crippen LogP contribution in [0, 0.1) is 0 Å². The normalized spacial score (nSPS) is 9.90. The van der Waals surface area contributed by atoms with Gasteiger partial charge in [-0.15, -0.1) is 0 Å². The Morgan fingerprint density at radius 1 is 1.14 bits per heavy atom. The highest BCUT2D eigenvalue weighted by Crippen LogP contribution is 2.15. The first kappa shape index (κ1) is 16.3. The molecular formula is C12H12F2N2O5. The lowest BCUT2D eigenvalue weighted by Crippen LogP contribution is -2.42. The van der Waals surface area contributed by atoms with Crippen molar-refractivity contribution in [3.05, 3.63) is 29.8 Å². The summed E-state index contributed by atoms with van der Waals surface area (Å²) in [6, 6.07) is 4.76. The molecule has 0 radical (unpaired) electrons. The van der Waals surface area contributed by atoms with E-state index in [2.05, 4.69) is 9.47 Å². The number of nitrogens with one attached hydrogen (secondary N) is 2. The summed E-state index contributed by atoms with van der Waals surface area (Å²) in [5.41, 5.74) is 4.08. The van der Waals surface area contributed by atoms with E-state index in [0.717, 1.165) is 0 Å². The number of esters is 1. The van der Waals surface area contributed by atoms with Crippen molar-refractivity contribution in [1.29, 1.82) is 0 Å². The third-order valence-electron chi connectivity index (χ3n) is 2.03. The average molecular weight is 302 g/mol. The summed E-state index contributed by atoms with van der Waals surface area (Å²) in [5, 5.41) is 0. The monoisotopic (exact) mass is 302 g/mol. The van der Waals surface area contributed by atoms with Gasteiger partial charge in [0.2, 0.25) is 5.91 Å². The molecule has 0 heterocycles. The first-order chi connectivity index (χ1) is 9.88. The SMILES string of the molecule is CC(=O)NNC(=O)COC(=O)c1ccc(OC(F)F)cc1. The van der Waals surface area contributed by atoms with Crippen LogP contribution in [0.5, 0.6) is 5.75 Å². The fraction of sp³-hybridized carbons (Fsp3) is 0.250. The second-order valence-corrected chi connectivity index (χ2v) is 3.71. The molecule has 0 aliphatic rings. The maximum Gasteiger partial charge on any atom is 0.387 e. The van der Waals surface area contributed by atoms with Gasteiger partial charge in [-0.3, -0.25) is 20.4 Å². The number of hydrogen-bond acceptors (Lipinski definition) is 5. The molecule has 0 unspecified atom stereocenters. The highest BCUT2D eigenvalue weighted by atomic mass is 19.3. The summed E-state index contributed by atoms with van der Waals surface area (Å²) in [4.78, 5) is 33.2. The molecule has 2 amide bonds. The standard InChI is InChI=1S/C12H12F2N2O5/c1-7(17)15-16-10(18)6-20-11(19)8-2-4-9(5-3-8)21-12(13)14/h2-5,12H,6H2,1H3,(H,15,17)(H,16,18). The van der Waals surface area contributed by atoms with Crippen LogP contribution < -0.4 is 15.6 Å². The molecule has 0 aliphatic heterocycles. The van der Waals surface area contributed by atoms with Crippen molar-refractivity contribution < 1.29 is 32.6 Å². The topological polar surface area (TPSA) is 93.7 Å². The Morgan fingerprint density at radius 3 is 2.29 bits per heavy atom. The number of alkyl halides is 2. The van der Waals surface area contributed by atoms with Crippen LogP contribution in [0.25, 0.3) is 0 Å². The third kappa shape index (κ3) is 6.32. The van der Waals surface area contributed by atoms with E-state index in [-0.39, 0.29) is 11.3 Å². The zero-order valence-corrected chi connectivity index (χ0v) is 10.9. The Labute approximate surface area is 118 Å². The number of carbonyl (C=O) groups is 3. The number of benzene rings is 1. The molecule has 2 N–H and O–H groups in total. The number of rotatable bonds is 5. The summed E-state index contributed by atoms with van der Waals surface area (Å²) < 4.78 is 32.6. The molecule has 0 aromatic heterocycles. The van der Waals surface area contributed by atoms with Gasteiger partial charge in [-0.25, -0.2) is 4.79 Å². The minimum Gasteiger partial charge on any atom is -0.452 e. The van der Waals surface area contributed by atoms with E-state index in [0.29, 0.717) is 0 Å². The lowest BCUT2D eigenvalue weighted by atomic mass is 10.2. The van der Waals surface area contributed by atoms with Crippen LogP contribution in [0.4, 0.5) is 8.78 Å². The van der Waals surface area contributed by atoms with E-state index in [1.54, 1.807) is 0 Å². The highest BCUT2D eigenvalue weighted by Gasteiger charge is 2.11. The molecule has 114 valence electrons. The lowest BCUT2D eigenvalue weighted by molar-refractivity contribution is -0.129. The van der Waals surface area contributed by atoms with Crippen molar-refractivity contribution in [2.75, 3.05) is 6.61 Å². The van der Waals surface area contributed by atoms with Crippen LogP contribution in [0.3, 0.4) is 0 Å². The summed E-state index contributed by atoms with van der Waals surface area (Å²) >= 11 is 0. The molecule has 9 heteroatoms. The van der Waals surface area contributed by atoms with E-state index in [9.17, 15) is 23.2 Å².